The van der Waals surface area contributed by atoms with E-state index in [1.54, 1.807) is 6.26 Å². The third kappa shape index (κ3) is 11.2. The Morgan fingerprint density at radius 2 is 1.56 bits per heavy atom. The molecule has 2 rings (SSSR count). The van der Waals surface area contributed by atoms with Crippen molar-refractivity contribution in [2.75, 3.05) is 12.0 Å². The molecule has 0 bridgehead atoms. The zero-order chi connectivity index (χ0) is 28.8. The summed E-state index contributed by atoms with van der Waals surface area (Å²) < 4.78 is 0. The lowest BCUT2D eigenvalue weighted by Crippen LogP contribution is -2.58. The lowest BCUT2D eigenvalue weighted by atomic mass is 10.0. The number of aromatic nitrogens is 2. The Kier molecular flexibility index (Phi) is 13.0. The van der Waals surface area contributed by atoms with Gasteiger partial charge in [-0.15, -0.1) is 0 Å². The fourth-order valence-electron chi connectivity index (χ4n) is 3.64. The monoisotopic (exact) mass is 562 g/mol. The van der Waals surface area contributed by atoms with Gasteiger partial charge >= 0.3 is 11.9 Å². The minimum absolute atomic E-state index is 0.0306. The highest BCUT2D eigenvalue weighted by Gasteiger charge is 2.30. The summed E-state index contributed by atoms with van der Waals surface area (Å²) in [6, 6.07) is 4.52. The lowest BCUT2D eigenvalue weighted by Gasteiger charge is -2.25. The molecule has 0 aliphatic carbocycles. The molecular formula is C25H34N6O7S. The predicted octanol–water partition coefficient (Wildman–Crippen LogP) is -0.321. The number of aliphatic carboxylic acids is 2. The van der Waals surface area contributed by atoms with Gasteiger partial charge in [0, 0.05) is 24.7 Å². The van der Waals surface area contributed by atoms with E-state index in [4.69, 9.17) is 10.8 Å². The maximum atomic E-state index is 13.3. The fraction of sp³-hybridized carbons (Fsp3) is 0.440. The van der Waals surface area contributed by atoms with Gasteiger partial charge in [0.15, 0.2) is 0 Å². The first kappa shape index (κ1) is 31.3. The largest absolute Gasteiger partial charge is 0.481 e. The van der Waals surface area contributed by atoms with Crippen molar-refractivity contribution in [1.29, 1.82) is 0 Å². The summed E-state index contributed by atoms with van der Waals surface area (Å²) in [5.41, 5.74) is 7.49. The van der Waals surface area contributed by atoms with Gasteiger partial charge in [-0.25, -0.2) is 9.78 Å². The third-order valence-corrected chi connectivity index (χ3v) is 6.40. The molecule has 0 aliphatic rings. The van der Waals surface area contributed by atoms with Crippen LogP contribution in [0.25, 0.3) is 0 Å². The van der Waals surface area contributed by atoms with E-state index < -0.39 is 60.2 Å². The molecule has 39 heavy (non-hydrogen) atoms. The number of nitrogens with two attached hydrogens (primary N) is 1. The molecule has 14 heteroatoms. The first-order valence-electron chi connectivity index (χ1n) is 12.2. The van der Waals surface area contributed by atoms with Crippen molar-refractivity contribution in [3.63, 3.8) is 0 Å². The Labute approximate surface area is 229 Å². The lowest BCUT2D eigenvalue weighted by molar-refractivity contribution is -0.143. The van der Waals surface area contributed by atoms with Gasteiger partial charge in [-0.3, -0.25) is 19.2 Å². The maximum Gasteiger partial charge on any atom is 0.326 e. The van der Waals surface area contributed by atoms with Crippen LogP contribution in [0.4, 0.5) is 0 Å². The van der Waals surface area contributed by atoms with Gasteiger partial charge in [-0.1, -0.05) is 30.3 Å². The Balaban J connectivity index is 2.15. The molecule has 4 atom stereocenters. The number of benzene rings is 1. The van der Waals surface area contributed by atoms with Gasteiger partial charge in [0.25, 0.3) is 0 Å². The number of nitrogens with one attached hydrogen (secondary N) is 4. The first-order chi connectivity index (χ1) is 18.6. The minimum Gasteiger partial charge on any atom is -0.481 e. The summed E-state index contributed by atoms with van der Waals surface area (Å²) in [6.45, 7) is 0. The quantitative estimate of drug-likeness (QED) is 0.133. The van der Waals surface area contributed by atoms with Crippen LogP contribution in [0, 0.1) is 0 Å². The molecule has 1 heterocycles. The zero-order valence-electron chi connectivity index (χ0n) is 21.5. The van der Waals surface area contributed by atoms with E-state index in [2.05, 4.69) is 25.9 Å². The molecule has 1 aromatic heterocycles. The number of nitrogens with zero attached hydrogens (tertiary/aromatic N) is 1. The topological polar surface area (TPSA) is 217 Å². The fourth-order valence-corrected chi connectivity index (χ4v) is 4.11. The number of amides is 3. The molecule has 13 nitrogen and oxygen atoms in total. The summed E-state index contributed by atoms with van der Waals surface area (Å²) in [5, 5.41) is 25.8. The second-order valence-electron chi connectivity index (χ2n) is 8.81. The Bertz CT molecular complexity index is 1100. The van der Waals surface area contributed by atoms with Gasteiger partial charge in [0.1, 0.15) is 18.1 Å². The molecule has 0 saturated heterocycles. The standard InChI is InChI=1S/C25H34N6O7S/c1-39-10-9-18(23(35)30-19(25(37)38)7-8-21(32)33)29-24(36)20(12-16-13-27-14-28-16)31-22(34)17(26)11-15-5-3-2-4-6-15/h2-6,13-14,17-20H,7-12,26H2,1H3,(H,27,28)(H,29,36)(H,30,35)(H,31,34)(H,32,33)(H,37,38). The second kappa shape index (κ2) is 16.1. The van der Waals surface area contributed by atoms with Crippen molar-refractivity contribution in [2.45, 2.75) is 56.3 Å². The van der Waals surface area contributed by atoms with Crippen LogP contribution in [-0.2, 0) is 36.8 Å². The first-order valence-corrected chi connectivity index (χ1v) is 13.6. The summed E-state index contributed by atoms with van der Waals surface area (Å²) in [5.74, 6) is -4.15. The highest BCUT2D eigenvalue weighted by molar-refractivity contribution is 7.98. The van der Waals surface area contributed by atoms with Crippen molar-refractivity contribution in [1.82, 2.24) is 25.9 Å². The summed E-state index contributed by atoms with van der Waals surface area (Å²) in [6.07, 6.45) is 4.39. The van der Waals surface area contributed by atoms with Crippen LogP contribution < -0.4 is 21.7 Å². The van der Waals surface area contributed by atoms with E-state index in [1.165, 1.54) is 24.3 Å². The smallest absolute Gasteiger partial charge is 0.326 e. The van der Waals surface area contributed by atoms with Gasteiger partial charge in [0.2, 0.25) is 17.7 Å². The molecule has 3 amide bonds. The average molecular weight is 563 g/mol. The zero-order valence-corrected chi connectivity index (χ0v) is 22.3. The number of imidazole rings is 1. The second-order valence-corrected chi connectivity index (χ2v) is 9.80. The van der Waals surface area contributed by atoms with Crippen LogP contribution in [0.2, 0.25) is 0 Å². The number of H-pyrrole nitrogens is 1. The number of carboxylic acids is 2. The van der Waals surface area contributed by atoms with E-state index in [0.717, 1.165) is 5.56 Å². The minimum atomic E-state index is -1.45. The highest BCUT2D eigenvalue weighted by Crippen LogP contribution is 2.07. The van der Waals surface area contributed by atoms with Crippen LogP contribution in [0.1, 0.15) is 30.5 Å². The van der Waals surface area contributed by atoms with Crippen LogP contribution in [0.3, 0.4) is 0 Å². The van der Waals surface area contributed by atoms with Crippen LogP contribution in [-0.4, -0.2) is 86.0 Å². The highest BCUT2D eigenvalue weighted by atomic mass is 32.2. The van der Waals surface area contributed by atoms with Crippen molar-refractivity contribution in [3.05, 3.63) is 54.1 Å². The van der Waals surface area contributed by atoms with E-state index in [0.29, 0.717) is 11.4 Å². The molecule has 212 valence electrons. The third-order valence-electron chi connectivity index (χ3n) is 5.75. The molecule has 0 fully saturated rings. The van der Waals surface area contributed by atoms with Gasteiger partial charge in [-0.05, 0) is 36.8 Å². The molecule has 0 saturated carbocycles. The van der Waals surface area contributed by atoms with Crippen molar-refractivity contribution in [2.24, 2.45) is 5.73 Å². The van der Waals surface area contributed by atoms with E-state index in [9.17, 15) is 29.1 Å². The van der Waals surface area contributed by atoms with E-state index in [-0.39, 0.29) is 25.7 Å². The summed E-state index contributed by atoms with van der Waals surface area (Å²) in [7, 11) is 0. The number of carbonyl (C=O) groups excluding carboxylic acids is 3. The van der Waals surface area contributed by atoms with Crippen molar-refractivity contribution in [3.8, 4) is 0 Å². The molecule has 0 radical (unpaired) electrons. The molecule has 0 aliphatic heterocycles. The number of aromatic amines is 1. The van der Waals surface area contributed by atoms with Crippen LogP contribution >= 0.6 is 11.8 Å². The Hall–Kier alpha value is -3.91. The molecule has 2 aromatic rings. The molecular weight excluding hydrogens is 528 g/mol. The van der Waals surface area contributed by atoms with E-state index >= 15 is 0 Å². The molecule has 4 unspecified atom stereocenters. The van der Waals surface area contributed by atoms with Gasteiger partial charge in [0.05, 0.1) is 12.4 Å². The van der Waals surface area contributed by atoms with Crippen LogP contribution in [0.15, 0.2) is 42.9 Å². The van der Waals surface area contributed by atoms with Crippen molar-refractivity contribution >= 4 is 41.4 Å². The van der Waals surface area contributed by atoms with Gasteiger partial charge in [-0.2, -0.15) is 11.8 Å². The number of carboxylic acid groups (broad SMARTS) is 2. The average Bonchev–Trinajstić information content (AvgIpc) is 3.41. The predicted molar refractivity (Wildman–Crippen MR) is 144 cm³/mol. The number of thioether (sulfide) groups is 1. The Morgan fingerprint density at radius 3 is 2.15 bits per heavy atom. The molecule has 0 spiro atoms. The van der Waals surface area contributed by atoms with Crippen LogP contribution in [0.5, 0.6) is 0 Å². The number of hydrogen-bond donors (Lipinski definition) is 7. The normalized spacial score (nSPS) is 13.9. The maximum absolute atomic E-state index is 13.3. The Morgan fingerprint density at radius 1 is 0.923 bits per heavy atom. The molecule has 8 N–H and O–H groups in total. The number of carbonyl (C=O) groups is 5. The number of hydrogen-bond acceptors (Lipinski definition) is 8. The van der Waals surface area contributed by atoms with E-state index in [1.807, 2.05) is 30.3 Å². The summed E-state index contributed by atoms with van der Waals surface area (Å²) >= 11 is 1.42. The SMILES string of the molecule is CSCCC(NC(=O)C(Cc1cnc[nH]1)NC(=O)C(N)Cc1ccccc1)C(=O)NC(CCC(=O)O)C(=O)O. The van der Waals surface area contributed by atoms with Gasteiger partial charge < -0.3 is 36.9 Å². The summed E-state index contributed by atoms with van der Waals surface area (Å²) in [4.78, 5) is 68.3. The van der Waals surface area contributed by atoms with Crippen molar-refractivity contribution < 1.29 is 34.2 Å². The number of rotatable bonds is 17. The molecule has 1 aromatic carbocycles.